The fraction of sp³-hybridized carbons (Fsp3) is 0.300. The van der Waals surface area contributed by atoms with Crippen molar-refractivity contribution in [2.45, 2.75) is 6.92 Å². The van der Waals surface area contributed by atoms with Crippen LogP contribution < -0.4 is 0 Å². The molecule has 0 aromatic heterocycles. The van der Waals surface area contributed by atoms with Crippen LogP contribution in [0.5, 0.6) is 0 Å². The summed E-state index contributed by atoms with van der Waals surface area (Å²) in [4.78, 5) is 4.58. The monoisotopic (exact) mass is 243 g/mol. The molecule has 1 aliphatic rings. The number of nitrogens with zero attached hydrogens (tertiary/aromatic N) is 1. The highest BCUT2D eigenvalue weighted by atomic mass is 35.5. The smallest absolute Gasteiger partial charge is 0.130 e. The average molecular weight is 244 g/mol. The molecule has 0 saturated carbocycles. The molecular weight excluding hydrogens is 234 g/mol. The largest absolute Gasteiger partial charge is 0.235 e. The highest BCUT2D eigenvalue weighted by Gasteiger charge is 2.10. The van der Waals surface area contributed by atoms with E-state index in [2.05, 4.69) is 4.99 Å². The fourth-order valence-corrected chi connectivity index (χ4v) is 3.61. The Bertz CT molecular complexity index is 368. The minimum absolute atomic E-state index is 0.776. The van der Waals surface area contributed by atoms with Gasteiger partial charge in [0.1, 0.15) is 4.38 Å². The molecule has 0 aliphatic carbocycles. The van der Waals surface area contributed by atoms with Crippen molar-refractivity contribution >= 4 is 45.2 Å². The predicted octanol–water partition coefficient (Wildman–Crippen LogP) is 4.12. The molecule has 1 fully saturated rings. The van der Waals surface area contributed by atoms with Crippen molar-refractivity contribution in [1.29, 1.82) is 0 Å². The van der Waals surface area contributed by atoms with Crippen LogP contribution in [-0.2, 0) is 0 Å². The van der Waals surface area contributed by atoms with Crippen molar-refractivity contribution in [2.75, 3.05) is 11.5 Å². The van der Waals surface area contributed by atoms with Gasteiger partial charge in [-0.3, -0.25) is 0 Å². The molecule has 0 radical (unpaired) electrons. The molecule has 0 atom stereocenters. The summed E-state index contributed by atoms with van der Waals surface area (Å²) in [5.74, 6) is 2.35. The van der Waals surface area contributed by atoms with E-state index in [1.165, 1.54) is 15.9 Å². The SMILES string of the molecule is Cc1cc(Cl)ccc1N=C1SCCS1. The van der Waals surface area contributed by atoms with Gasteiger partial charge in [-0.1, -0.05) is 35.1 Å². The molecule has 1 heterocycles. The second-order valence-electron chi connectivity index (χ2n) is 3.01. The maximum Gasteiger partial charge on any atom is 0.130 e. The third kappa shape index (κ3) is 2.47. The van der Waals surface area contributed by atoms with Crippen LogP contribution in [0.4, 0.5) is 5.69 Å². The Morgan fingerprint density at radius 2 is 2.00 bits per heavy atom. The van der Waals surface area contributed by atoms with E-state index in [4.69, 9.17) is 11.6 Å². The molecule has 0 amide bonds. The summed E-state index contributed by atoms with van der Waals surface area (Å²) in [6.45, 7) is 2.04. The van der Waals surface area contributed by atoms with Gasteiger partial charge in [-0.25, -0.2) is 4.99 Å². The van der Waals surface area contributed by atoms with E-state index in [0.717, 1.165) is 16.3 Å². The number of thioether (sulfide) groups is 2. The highest BCUT2D eigenvalue weighted by molar-refractivity contribution is 8.41. The van der Waals surface area contributed by atoms with E-state index < -0.39 is 0 Å². The van der Waals surface area contributed by atoms with Crippen LogP contribution in [-0.4, -0.2) is 15.9 Å². The van der Waals surface area contributed by atoms with E-state index in [9.17, 15) is 0 Å². The Kier molecular flexibility index (Phi) is 3.42. The topological polar surface area (TPSA) is 12.4 Å². The van der Waals surface area contributed by atoms with E-state index in [0.29, 0.717) is 0 Å². The number of aryl methyl sites for hydroxylation is 1. The Morgan fingerprint density at radius 1 is 1.29 bits per heavy atom. The number of hydrogen-bond donors (Lipinski definition) is 0. The standard InChI is InChI=1S/C10H10ClNS2/c1-7-6-8(11)2-3-9(7)12-10-13-4-5-14-10/h2-3,6H,4-5H2,1H3. The zero-order chi connectivity index (χ0) is 9.97. The first kappa shape index (κ1) is 10.4. The third-order valence-corrected chi connectivity index (χ3v) is 4.60. The quantitative estimate of drug-likeness (QED) is 0.736. The first-order valence-electron chi connectivity index (χ1n) is 4.36. The molecule has 1 nitrogen and oxygen atoms in total. The molecule has 1 aromatic rings. The van der Waals surface area contributed by atoms with Crippen molar-refractivity contribution in [3.05, 3.63) is 28.8 Å². The van der Waals surface area contributed by atoms with Gasteiger partial charge >= 0.3 is 0 Å². The van der Waals surface area contributed by atoms with E-state index in [1.54, 1.807) is 0 Å². The molecule has 1 saturated heterocycles. The van der Waals surface area contributed by atoms with Crippen molar-refractivity contribution in [1.82, 2.24) is 0 Å². The van der Waals surface area contributed by atoms with Crippen LogP contribution in [0.3, 0.4) is 0 Å². The van der Waals surface area contributed by atoms with Crippen molar-refractivity contribution in [3.8, 4) is 0 Å². The van der Waals surface area contributed by atoms with Gasteiger partial charge in [-0.05, 0) is 30.7 Å². The Balaban J connectivity index is 2.28. The van der Waals surface area contributed by atoms with Crippen LogP contribution in [0.1, 0.15) is 5.56 Å². The number of benzene rings is 1. The lowest BCUT2D eigenvalue weighted by molar-refractivity contribution is 1.41. The molecule has 1 aliphatic heterocycles. The van der Waals surface area contributed by atoms with Gasteiger partial charge in [0, 0.05) is 16.5 Å². The fourth-order valence-electron chi connectivity index (χ4n) is 1.21. The third-order valence-electron chi connectivity index (χ3n) is 1.90. The van der Waals surface area contributed by atoms with E-state index in [-0.39, 0.29) is 0 Å². The lowest BCUT2D eigenvalue weighted by Crippen LogP contribution is -1.79. The molecule has 0 N–H and O–H groups in total. The summed E-state index contributed by atoms with van der Waals surface area (Å²) in [5.41, 5.74) is 2.17. The zero-order valence-electron chi connectivity index (χ0n) is 7.79. The van der Waals surface area contributed by atoms with Gasteiger partial charge < -0.3 is 0 Å². The lowest BCUT2D eigenvalue weighted by Gasteiger charge is -2.01. The molecular formula is C10H10ClNS2. The van der Waals surface area contributed by atoms with Crippen LogP contribution in [0, 0.1) is 6.92 Å². The molecule has 0 unspecified atom stereocenters. The minimum atomic E-state index is 0.776. The first-order valence-corrected chi connectivity index (χ1v) is 6.71. The highest BCUT2D eigenvalue weighted by Crippen LogP contribution is 2.31. The van der Waals surface area contributed by atoms with Crippen LogP contribution in [0.2, 0.25) is 5.02 Å². The van der Waals surface area contributed by atoms with Crippen LogP contribution in [0.15, 0.2) is 23.2 Å². The normalized spacial score (nSPS) is 16.0. The Labute approximate surface area is 97.3 Å². The predicted molar refractivity (Wildman–Crippen MR) is 68.2 cm³/mol. The number of rotatable bonds is 1. The summed E-state index contributed by atoms with van der Waals surface area (Å²) in [6.07, 6.45) is 0. The van der Waals surface area contributed by atoms with Gasteiger partial charge in [-0.2, -0.15) is 0 Å². The van der Waals surface area contributed by atoms with E-state index >= 15 is 0 Å². The van der Waals surface area contributed by atoms with Crippen molar-refractivity contribution < 1.29 is 0 Å². The summed E-state index contributed by atoms with van der Waals surface area (Å²) in [6, 6.07) is 5.81. The molecule has 4 heteroatoms. The lowest BCUT2D eigenvalue weighted by atomic mass is 10.2. The van der Waals surface area contributed by atoms with Crippen LogP contribution in [0.25, 0.3) is 0 Å². The molecule has 1 aromatic carbocycles. The van der Waals surface area contributed by atoms with Gasteiger partial charge in [0.2, 0.25) is 0 Å². The van der Waals surface area contributed by atoms with Gasteiger partial charge in [0.15, 0.2) is 0 Å². The second kappa shape index (κ2) is 4.60. The molecule has 2 rings (SSSR count). The van der Waals surface area contributed by atoms with Gasteiger partial charge in [0.25, 0.3) is 0 Å². The van der Waals surface area contributed by atoms with Crippen LogP contribution >= 0.6 is 35.1 Å². The number of halogens is 1. The zero-order valence-corrected chi connectivity index (χ0v) is 10.2. The number of hydrogen-bond acceptors (Lipinski definition) is 3. The molecule has 0 bridgehead atoms. The molecule has 14 heavy (non-hydrogen) atoms. The maximum absolute atomic E-state index is 5.87. The van der Waals surface area contributed by atoms with E-state index in [1.807, 2.05) is 48.6 Å². The molecule has 0 spiro atoms. The summed E-state index contributed by atoms with van der Waals surface area (Å²) in [5, 5.41) is 0.776. The maximum atomic E-state index is 5.87. The first-order chi connectivity index (χ1) is 6.75. The van der Waals surface area contributed by atoms with Gasteiger partial charge in [0.05, 0.1) is 5.69 Å². The Morgan fingerprint density at radius 3 is 2.64 bits per heavy atom. The van der Waals surface area contributed by atoms with Crippen molar-refractivity contribution in [2.24, 2.45) is 4.99 Å². The minimum Gasteiger partial charge on any atom is -0.235 e. The second-order valence-corrected chi connectivity index (χ2v) is 5.87. The Hall–Kier alpha value is -0.120. The molecule has 74 valence electrons. The summed E-state index contributed by atoms with van der Waals surface area (Å²) in [7, 11) is 0. The average Bonchev–Trinajstić information content (AvgIpc) is 2.62. The van der Waals surface area contributed by atoms with Gasteiger partial charge in [-0.15, -0.1) is 0 Å². The number of aliphatic imine (C=N–C) groups is 1. The van der Waals surface area contributed by atoms with Crippen molar-refractivity contribution in [3.63, 3.8) is 0 Å². The summed E-state index contributed by atoms with van der Waals surface area (Å²) < 4.78 is 1.18. The summed E-state index contributed by atoms with van der Waals surface area (Å²) >= 11 is 9.53.